The van der Waals surface area contributed by atoms with Crippen molar-refractivity contribution in [3.8, 4) is 0 Å². The van der Waals surface area contributed by atoms with Crippen LogP contribution in [0.4, 0.5) is 0 Å². The fourth-order valence-electron chi connectivity index (χ4n) is 3.36. The predicted molar refractivity (Wildman–Crippen MR) is 76.2 cm³/mol. The molecule has 114 valence electrons. The minimum Gasteiger partial charge on any atom is -0.381 e. The van der Waals surface area contributed by atoms with Crippen molar-refractivity contribution in [1.29, 1.82) is 0 Å². The zero-order valence-corrected chi connectivity index (χ0v) is 12.9. The average Bonchev–Trinajstić information content (AvgIpc) is 2.38. The maximum atomic E-state index is 12.4. The summed E-state index contributed by atoms with van der Waals surface area (Å²) in [5, 5.41) is 0. The highest BCUT2D eigenvalue weighted by Gasteiger charge is 2.46. The molecule has 0 atom stereocenters. The third-order valence-electron chi connectivity index (χ3n) is 4.36. The molecule has 0 saturated carbocycles. The number of ether oxygens (including phenoxy) is 1. The lowest BCUT2D eigenvalue weighted by atomic mass is 9.85. The number of nitrogens with zero attached hydrogens (tertiary/aromatic N) is 2. The van der Waals surface area contributed by atoms with Gasteiger partial charge in [0, 0.05) is 32.7 Å². The third kappa shape index (κ3) is 2.97. The fourth-order valence-corrected chi connectivity index (χ4v) is 3.36. The molecule has 5 nitrogen and oxygen atoms in total. The number of carbonyl (C=O) groups is 2. The Kier molecular flexibility index (Phi) is 4.68. The molecule has 2 amide bonds. The van der Waals surface area contributed by atoms with Crippen LogP contribution in [0.2, 0.25) is 0 Å². The van der Waals surface area contributed by atoms with Crippen molar-refractivity contribution >= 4 is 11.8 Å². The number of carbonyl (C=O) groups excluding carboxylic acids is 2. The molecule has 0 aromatic carbocycles. The number of rotatable bonds is 3. The van der Waals surface area contributed by atoms with Crippen molar-refractivity contribution in [2.24, 2.45) is 5.92 Å². The van der Waals surface area contributed by atoms with Crippen LogP contribution >= 0.6 is 0 Å². The van der Waals surface area contributed by atoms with Gasteiger partial charge in [-0.25, -0.2) is 0 Å². The van der Waals surface area contributed by atoms with Gasteiger partial charge in [0.15, 0.2) is 0 Å². The van der Waals surface area contributed by atoms with Crippen LogP contribution in [0.5, 0.6) is 0 Å². The molecule has 1 spiro atoms. The van der Waals surface area contributed by atoms with Crippen LogP contribution in [0, 0.1) is 5.92 Å². The second-order valence-corrected chi connectivity index (χ2v) is 6.32. The molecule has 0 unspecified atom stereocenters. The molecule has 0 aliphatic carbocycles. The number of likely N-dealkylation sites (N-methyl/N-ethyl adjacent to an activating group) is 1. The Bertz CT molecular complexity index is 375. The topological polar surface area (TPSA) is 49.9 Å². The predicted octanol–water partition coefficient (Wildman–Crippen LogP) is 1.27. The molecule has 0 aromatic heterocycles. The highest BCUT2D eigenvalue weighted by atomic mass is 16.5. The van der Waals surface area contributed by atoms with Crippen LogP contribution in [0.25, 0.3) is 0 Å². The van der Waals surface area contributed by atoms with Crippen LogP contribution in [0.1, 0.15) is 40.0 Å². The summed E-state index contributed by atoms with van der Waals surface area (Å²) < 4.78 is 5.44. The summed E-state index contributed by atoms with van der Waals surface area (Å²) in [6, 6.07) is 0. The molecule has 2 rings (SSSR count). The standard InChI is InChI=1S/C15H26N2O3/c1-4-17-14(19)10-16(13(18)9-12(2)3)11-15(17)5-7-20-8-6-15/h12H,4-11H2,1-3H3. The van der Waals surface area contributed by atoms with E-state index in [-0.39, 0.29) is 23.9 Å². The zero-order chi connectivity index (χ0) is 14.8. The van der Waals surface area contributed by atoms with Gasteiger partial charge in [-0.2, -0.15) is 0 Å². The first-order valence-corrected chi connectivity index (χ1v) is 7.64. The van der Waals surface area contributed by atoms with Gasteiger partial charge in [-0.1, -0.05) is 13.8 Å². The van der Waals surface area contributed by atoms with E-state index in [1.807, 2.05) is 25.7 Å². The first kappa shape index (κ1) is 15.3. The van der Waals surface area contributed by atoms with Crippen molar-refractivity contribution in [2.45, 2.75) is 45.6 Å². The highest BCUT2D eigenvalue weighted by Crippen LogP contribution is 2.32. The molecule has 2 saturated heterocycles. The van der Waals surface area contributed by atoms with Gasteiger partial charge in [0.25, 0.3) is 0 Å². The van der Waals surface area contributed by atoms with Gasteiger partial charge >= 0.3 is 0 Å². The van der Waals surface area contributed by atoms with Gasteiger partial charge in [0.1, 0.15) is 0 Å². The van der Waals surface area contributed by atoms with Crippen LogP contribution in [0.15, 0.2) is 0 Å². The largest absolute Gasteiger partial charge is 0.381 e. The summed E-state index contributed by atoms with van der Waals surface area (Å²) in [5.41, 5.74) is -0.199. The first-order chi connectivity index (χ1) is 9.48. The minimum atomic E-state index is -0.199. The SMILES string of the molecule is CCN1C(=O)CN(C(=O)CC(C)C)CC12CCOCC2. The van der Waals surface area contributed by atoms with E-state index < -0.39 is 0 Å². The van der Waals surface area contributed by atoms with Crippen molar-refractivity contribution in [3.63, 3.8) is 0 Å². The quantitative estimate of drug-likeness (QED) is 0.783. The Morgan fingerprint density at radius 1 is 1.35 bits per heavy atom. The molecule has 0 radical (unpaired) electrons. The molecule has 0 aromatic rings. The molecular formula is C15H26N2O3. The Balaban J connectivity index is 2.16. The van der Waals surface area contributed by atoms with E-state index in [1.165, 1.54) is 0 Å². The van der Waals surface area contributed by atoms with E-state index in [2.05, 4.69) is 0 Å². The molecular weight excluding hydrogens is 256 g/mol. The van der Waals surface area contributed by atoms with E-state index in [0.29, 0.717) is 38.6 Å². The van der Waals surface area contributed by atoms with Gasteiger partial charge < -0.3 is 14.5 Å². The first-order valence-electron chi connectivity index (χ1n) is 7.64. The van der Waals surface area contributed by atoms with E-state index in [4.69, 9.17) is 4.74 Å². The lowest BCUT2D eigenvalue weighted by Crippen LogP contribution is -2.67. The molecule has 20 heavy (non-hydrogen) atoms. The summed E-state index contributed by atoms with van der Waals surface area (Å²) in [6.07, 6.45) is 2.18. The molecule has 2 heterocycles. The van der Waals surface area contributed by atoms with E-state index in [1.54, 1.807) is 4.90 Å². The lowest BCUT2D eigenvalue weighted by molar-refractivity contribution is -0.160. The highest BCUT2D eigenvalue weighted by molar-refractivity contribution is 5.87. The van der Waals surface area contributed by atoms with Crippen LogP contribution in [0.3, 0.4) is 0 Å². The third-order valence-corrected chi connectivity index (χ3v) is 4.36. The Hall–Kier alpha value is -1.10. The van der Waals surface area contributed by atoms with Gasteiger partial charge in [0.05, 0.1) is 12.1 Å². The monoisotopic (exact) mass is 282 g/mol. The second-order valence-electron chi connectivity index (χ2n) is 6.32. The molecule has 5 heteroatoms. The lowest BCUT2D eigenvalue weighted by Gasteiger charge is -2.52. The second kappa shape index (κ2) is 6.12. The molecule has 2 fully saturated rings. The summed E-state index contributed by atoms with van der Waals surface area (Å²) in [6.45, 7) is 9.06. The normalized spacial score (nSPS) is 22.7. The van der Waals surface area contributed by atoms with Crippen LogP contribution in [-0.4, -0.2) is 60.0 Å². The molecule has 0 bridgehead atoms. The number of piperazine rings is 1. The Morgan fingerprint density at radius 3 is 2.55 bits per heavy atom. The van der Waals surface area contributed by atoms with Crippen molar-refractivity contribution < 1.29 is 14.3 Å². The zero-order valence-electron chi connectivity index (χ0n) is 12.9. The summed E-state index contributed by atoms with van der Waals surface area (Å²) >= 11 is 0. The fraction of sp³-hybridized carbons (Fsp3) is 0.867. The average molecular weight is 282 g/mol. The van der Waals surface area contributed by atoms with Crippen molar-refractivity contribution in [2.75, 3.05) is 32.8 Å². The van der Waals surface area contributed by atoms with Gasteiger partial charge in [0.2, 0.25) is 11.8 Å². The van der Waals surface area contributed by atoms with Crippen molar-refractivity contribution in [3.05, 3.63) is 0 Å². The van der Waals surface area contributed by atoms with E-state index >= 15 is 0 Å². The Labute approximate surface area is 121 Å². The van der Waals surface area contributed by atoms with Gasteiger partial charge in [-0.3, -0.25) is 9.59 Å². The maximum Gasteiger partial charge on any atom is 0.242 e. The van der Waals surface area contributed by atoms with Crippen LogP contribution < -0.4 is 0 Å². The number of hydrogen-bond donors (Lipinski definition) is 0. The summed E-state index contributed by atoms with van der Waals surface area (Å²) in [5.74, 6) is 0.514. The summed E-state index contributed by atoms with van der Waals surface area (Å²) in [4.78, 5) is 28.4. The van der Waals surface area contributed by atoms with E-state index in [9.17, 15) is 9.59 Å². The molecule has 2 aliphatic rings. The van der Waals surface area contributed by atoms with Crippen LogP contribution in [-0.2, 0) is 14.3 Å². The van der Waals surface area contributed by atoms with Gasteiger partial charge in [-0.15, -0.1) is 0 Å². The maximum absolute atomic E-state index is 12.4. The molecule has 0 N–H and O–H groups in total. The van der Waals surface area contributed by atoms with Gasteiger partial charge in [-0.05, 0) is 25.7 Å². The van der Waals surface area contributed by atoms with E-state index in [0.717, 1.165) is 12.8 Å². The number of hydrogen-bond acceptors (Lipinski definition) is 3. The minimum absolute atomic E-state index is 0.0813. The number of amides is 2. The Morgan fingerprint density at radius 2 is 2.00 bits per heavy atom. The smallest absolute Gasteiger partial charge is 0.242 e. The molecule has 2 aliphatic heterocycles. The van der Waals surface area contributed by atoms with Crippen molar-refractivity contribution in [1.82, 2.24) is 9.80 Å². The summed E-state index contributed by atoms with van der Waals surface area (Å²) in [7, 11) is 0.